The van der Waals surface area contributed by atoms with Crippen molar-refractivity contribution in [3.8, 4) is 0 Å². The zero-order valence-electron chi connectivity index (χ0n) is 15.4. The first kappa shape index (κ1) is 20.0. The fraction of sp³-hybridized carbons (Fsp3) is 1.00. The van der Waals surface area contributed by atoms with Crippen LogP contribution in [0, 0.1) is 35.5 Å². The Hall–Kier alpha value is -0.0400. The molecule has 0 aliphatic heterocycles. The van der Waals surface area contributed by atoms with E-state index in [1.165, 1.54) is 25.7 Å². The minimum absolute atomic E-state index is 0.307. The second-order valence-corrected chi connectivity index (χ2v) is 7.99. The zero-order chi connectivity index (χ0) is 15.9. The van der Waals surface area contributed by atoms with E-state index in [0.29, 0.717) is 17.9 Å². The highest BCUT2D eigenvalue weighted by molar-refractivity contribution is 4.81. The Balaban J connectivity index is 4.39. The molecule has 0 aromatic carbocycles. The van der Waals surface area contributed by atoms with Gasteiger partial charge in [-0.3, -0.25) is 0 Å². The average Bonchev–Trinajstić information content (AvgIpc) is 2.27. The number of hydrogen-bond donors (Lipinski definition) is 1. The van der Waals surface area contributed by atoms with Crippen LogP contribution in [0.4, 0.5) is 0 Å². The molecule has 0 bridgehead atoms. The average molecular weight is 284 g/mol. The summed E-state index contributed by atoms with van der Waals surface area (Å²) < 4.78 is 0. The molecule has 0 aliphatic carbocycles. The molecule has 0 heterocycles. The van der Waals surface area contributed by atoms with Crippen molar-refractivity contribution >= 4 is 0 Å². The van der Waals surface area contributed by atoms with E-state index in [-0.39, 0.29) is 0 Å². The Bertz CT molecular complexity index is 226. The molecule has 20 heavy (non-hydrogen) atoms. The third-order valence-electron chi connectivity index (χ3n) is 5.24. The van der Waals surface area contributed by atoms with Gasteiger partial charge in [-0.15, -0.1) is 0 Å². The van der Waals surface area contributed by atoms with Crippen molar-refractivity contribution in [2.45, 2.75) is 87.1 Å². The van der Waals surface area contributed by atoms with Gasteiger partial charge in [0.2, 0.25) is 0 Å². The molecule has 0 rings (SSSR count). The van der Waals surface area contributed by atoms with E-state index in [9.17, 15) is 0 Å². The largest absolute Gasteiger partial charge is 0.328 e. The zero-order valence-corrected chi connectivity index (χ0v) is 15.4. The molecule has 122 valence electrons. The van der Waals surface area contributed by atoms with E-state index in [4.69, 9.17) is 5.73 Å². The maximum Gasteiger partial charge on any atom is 0.00438 e. The van der Waals surface area contributed by atoms with Crippen LogP contribution in [0.5, 0.6) is 0 Å². The van der Waals surface area contributed by atoms with Gasteiger partial charge >= 0.3 is 0 Å². The lowest BCUT2D eigenvalue weighted by Gasteiger charge is -2.36. The van der Waals surface area contributed by atoms with Crippen molar-refractivity contribution in [2.75, 3.05) is 0 Å². The Morgan fingerprint density at radius 3 is 1.75 bits per heavy atom. The predicted octanol–water partition coefficient (Wildman–Crippen LogP) is 5.73. The molecule has 0 spiro atoms. The van der Waals surface area contributed by atoms with Crippen LogP contribution in [-0.2, 0) is 0 Å². The van der Waals surface area contributed by atoms with Gasteiger partial charge in [-0.2, -0.15) is 0 Å². The van der Waals surface area contributed by atoms with E-state index in [0.717, 1.165) is 23.7 Å². The number of nitrogens with two attached hydrogens (primary N) is 1. The van der Waals surface area contributed by atoms with Gasteiger partial charge in [0.25, 0.3) is 0 Å². The van der Waals surface area contributed by atoms with E-state index >= 15 is 0 Å². The molecule has 6 unspecified atom stereocenters. The van der Waals surface area contributed by atoms with Gasteiger partial charge in [-0.05, 0) is 55.3 Å². The molecule has 0 saturated carbocycles. The molecule has 6 atom stereocenters. The Kier molecular flexibility index (Phi) is 9.80. The molecule has 0 radical (unpaired) electrons. The molecule has 0 fully saturated rings. The summed E-state index contributed by atoms with van der Waals surface area (Å²) in [6.07, 6.45) is 5.43. The maximum absolute atomic E-state index is 6.23. The summed E-state index contributed by atoms with van der Waals surface area (Å²) >= 11 is 0. The van der Waals surface area contributed by atoms with Gasteiger partial charge in [0.15, 0.2) is 0 Å². The van der Waals surface area contributed by atoms with Crippen LogP contribution in [-0.4, -0.2) is 6.04 Å². The summed E-state index contributed by atoms with van der Waals surface area (Å²) in [6, 6.07) is 0.307. The monoisotopic (exact) mass is 283 g/mol. The molecule has 0 saturated heterocycles. The first-order valence-corrected chi connectivity index (χ1v) is 8.96. The van der Waals surface area contributed by atoms with E-state index in [1.807, 2.05) is 0 Å². The van der Waals surface area contributed by atoms with Crippen LogP contribution in [0.2, 0.25) is 0 Å². The van der Waals surface area contributed by atoms with Crippen molar-refractivity contribution in [3.63, 3.8) is 0 Å². The minimum Gasteiger partial charge on any atom is -0.328 e. The SMILES string of the molecule is CCCC(C)CC(C)CC(C)C(C)C(C(C)C)C(C)N. The first-order chi connectivity index (χ1) is 9.20. The summed E-state index contributed by atoms with van der Waals surface area (Å²) in [6.45, 7) is 18.8. The smallest absolute Gasteiger partial charge is 0.00438 e. The quantitative estimate of drug-likeness (QED) is 0.544. The summed E-state index contributed by atoms with van der Waals surface area (Å²) in [5, 5.41) is 0. The van der Waals surface area contributed by atoms with Crippen LogP contribution in [0.1, 0.15) is 81.1 Å². The van der Waals surface area contributed by atoms with Crippen molar-refractivity contribution in [2.24, 2.45) is 41.2 Å². The van der Waals surface area contributed by atoms with Crippen LogP contribution in [0.15, 0.2) is 0 Å². The highest BCUT2D eigenvalue weighted by atomic mass is 14.6. The van der Waals surface area contributed by atoms with Crippen LogP contribution < -0.4 is 5.73 Å². The van der Waals surface area contributed by atoms with E-state index in [2.05, 4.69) is 55.4 Å². The molecule has 1 heteroatoms. The normalized spacial score (nSPS) is 21.3. The molecular formula is C19H41N. The second kappa shape index (κ2) is 9.82. The van der Waals surface area contributed by atoms with Gasteiger partial charge in [-0.1, -0.05) is 61.3 Å². The standard InChI is InChI=1S/C19H41N/c1-9-10-14(4)11-15(5)12-16(6)17(7)19(13(2)3)18(8)20/h13-19H,9-12,20H2,1-8H3. The molecule has 1 nitrogen and oxygen atoms in total. The minimum atomic E-state index is 0.307. The highest BCUT2D eigenvalue weighted by Gasteiger charge is 2.29. The fourth-order valence-electron chi connectivity index (χ4n) is 4.32. The number of rotatable bonds is 10. The van der Waals surface area contributed by atoms with Crippen molar-refractivity contribution < 1.29 is 0 Å². The number of hydrogen-bond acceptors (Lipinski definition) is 1. The van der Waals surface area contributed by atoms with Crippen molar-refractivity contribution in [3.05, 3.63) is 0 Å². The maximum atomic E-state index is 6.23. The topological polar surface area (TPSA) is 26.0 Å². The lowest BCUT2D eigenvalue weighted by Crippen LogP contribution is -2.37. The molecule has 0 aromatic heterocycles. The summed E-state index contributed by atoms with van der Waals surface area (Å²) in [5.74, 6) is 4.55. The van der Waals surface area contributed by atoms with Crippen LogP contribution >= 0.6 is 0 Å². The Morgan fingerprint density at radius 1 is 0.800 bits per heavy atom. The van der Waals surface area contributed by atoms with Crippen molar-refractivity contribution in [1.29, 1.82) is 0 Å². The third kappa shape index (κ3) is 7.11. The molecule has 0 aliphatic rings. The Labute approximate surface area is 129 Å². The Morgan fingerprint density at radius 2 is 1.35 bits per heavy atom. The fourth-order valence-corrected chi connectivity index (χ4v) is 4.32. The van der Waals surface area contributed by atoms with Gasteiger partial charge in [-0.25, -0.2) is 0 Å². The van der Waals surface area contributed by atoms with E-state index in [1.54, 1.807) is 0 Å². The summed E-state index contributed by atoms with van der Waals surface area (Å²) in [7, 11) is 0. The molecule has 0 aromatic rings. The van der Waals surface area contributed by atoms with Gasteiger partial charge in [0.1, 0.15) is 0 Å². The predicted molar refractivity (Wildman–Crippen MR) is 92.8 cm³/mol. The second-order valence-electron chi connectivity index (χ2n) is 7.99. The molecule has 2 N–H and O–H groups in total. The highest BCUT2D eigenvalue weighted by Crippen LogP contribution is 2.34. The van der Waals surface area contributed by atoms with Gasteiger partial charge in [0, 0.05) is 6.04 Å². The lowest BCUT2D eigenvalue weighted by molar-refractivity contribution is 0.156. The van der Waals surface area contributed by atoms with Crippen LogP contribution in [0.3, 0.4) is 0 Å². The molecular weight excluding hydrogens is 242 g/mol. The summed E-state index contributed by atoms with van der Waals surface area (Å²) in [4.78, 5) is 0. The van der Waals surface area contributed by atoms with Gasteiger partial charge in [0.05, 0.1) is 0 Å². The summed E-state index contributed by atoms with van der Waals surface area (Å²) in [5.41, 5.74) is 6.23. The molecule has 0 amide bonds. The van der Waals surface area contributed by atoms with Crippen LogP contribution in [0.25, 0.3) is 0 Å². The first-order valence-electron chi connectivity index (χ1n) is 8.96. The van der Waals surface area contributed by atoms with Crippen molar-refractivity contribution in [1.82, 2.24) is 0 Å². The van der Waals surface area contributed by atoms with Gasteiger partial charge < -0.3 is 5.73 Å². The third-order valence-corrected chi connectivity index (χ3v) is 5.24. The van der Waals surface area contributed by atoms with E-state index < -0.39 is 0 Å². The lowest BCUT2D eigenvalue weighted by atomic mass is 9.71.